The Morgan fingerprint density at radius 1 is 1.00 bits per heavy atom. The number of benzene rings is 2. The molecule has 15 heavy (non-hydrogen) atoms. The van der Waals surface area contributed by atoms with Crippen molar-refractivity contribution in [1.82, 2.24) is 0 Å². The van der Waals surface area contributed by atoms with E-state index in [-0.39, 0.29) is 0 Å². The summed E-state index contributed by atoms with van der Waals surface area (Å²) in [6.07, 6.45) is 0. The highest BCUT2D eigenvalue weighted by Gasteiger charge is 2.06. The quantitative estimate of drug-likeness (QED) is 0.644. The van der Waals surface area contributed by atoms with E-state index < -0.39 is 0 Å². The molecule has 2 heteroatoms. The van der Waals surface area contributed by atoms with Crippen molar-refractivity contribution in [3.05, 3.63) is 47.0 Å². The van der Waals surface area contributed by atoms with Crippen LogP contribution in [0.4, 0.5) is 0 Å². The van der Waals surface area contributed by atoms with Crippen LogP contribution in [0.25, 0.3) is 10.8 Å². The van der Waals surface area contributed by atoms with Crippen molar-refractivity contribution in [2.45, 2.75) is 6.92 Å². The molecule has 0 amide bonds. The molecular formula is C13H8N2. The molecule has 0 atom stereocenters. The van der Waals surface area contributed by atoms with E-state index in [1.807, 2.05) is 37.3 Å². The molecule has 0 spiro atoms. The average Bonchev–Trinajstić information content (AvgIpc) is 2.27. The Labute approximate surface area is 88.0 Å². The topological polar surface area (TPSA) is 47.6 Å². The van der Waals surface area contributed by atoms with Crippen LogP contribution in [0, 0.1) is 29.6 Å². The summed E-state index contributed by atoms with van der Waals surface area (Å²) in [5.74, 6) is 0. The van der Waals surface area contributed by atoms with E-state index in [2.05, 4.69) is 6.07 Å². The summed E-state index contributed by atoms with van der Waals surface area (Å²) < 4.78 is 0. The molecule has 0 fully saturated rings. The molecule has 0 N–H and O–H groups in total. The van der Waals surface area contributed by atoms with Crippen LogP contribution in [0.1, 0.15) is 16.7 Å². The molecular weight excluding hydrogens is 184 g/mol. The molecule has 0 aromatic heterocycles. The van der Waals surface area contributed by atoms with E-state index in [0.29, 0.717) is 11.1 Å². The minimum absolute atomic E-state index is 0.440. The third-order valence-electron chi connectivity index (χ3n) is 2.41. The first kappa shape index (κ1) is 9.24. The zero-order valence-electron chi connectivity index (χ0n) is 8.28. The molecule has 0 aliphatic heterocycles. The molecule has 2 aromatic carbocycles. The highest BCUT2D eigenvalue weighted by atomic mass is 14.3. The van der Waals surface area contributed by atoms with Crippen LogP contribution in [0.2, 0.25) is 0 Å². The van der Waals surface area contributed by atoms with E-state index in [1.54, 1.807) is 6.07 Å². The van der Waals surface area contributed by atoms with Gasteiger partial charge in [-0.3, -0.25) is 0 Å². The lowest BCUT2D eigenvalue weighted by Crippen LogP contribution is -1.86. The Bertz CT molecular complexity index is 613. The highest BCUT2D eigenvalue weighted by molar-refractivity contribution is 5.90. The van der Waals surface area contributed by atoms with Gasteiger partial charge >= 0.3 is 0 Å². The van der Waals surface area contributed by atoms with E-state index in [9.17, 15) is 0 Å². The lowest BCUT2D eigenvalue weighted by molar-refractivity contribution is 1.44. The molecule has 0 unspecified atom stereocenters. The molecule has 0 saturated carbocycles. The monoisotopic (exact) mass is 192 g/mol. The molecule has 2 nitrogen and oxygen atoms in total. The Morgan fingerprint density at radius 2 is 1.73 bits per heavy atom. The number of nitriles is 2. The molecule has 0 aliphatic rings. The summed E-state index contributed by atoms with van der Waals surface area (Å²) in [5, 5.41) is 19.8. The second-order valence-corrected chi connectivity index (χ2v) is 3.44. The Hall–Kier alpha value is -2.32. The predicted molar refractivity (Wildman–Crippen MR) is 58.1 cm³/mol. The predicted octanol–water partition coefficient (Wildman–Crippen LogP) is 2.89. The fourth-order valence-corrected chi connectivity index (χ4v) is 1.65. The van der Waals surface area contributed by atoms with Crippen LogP contribution < -0.4 is 0 Å². The molecule has 0 saturated heterocycles. The van der Waals surface area contributed by atoms with Crippen LogP contribution >= 0.6 is 0 Å². The van der Waals surface area contributed by atoms with E-state index >= 15 is 0 Å². The summed E-state index contributed by atoms with van der Waals surface area (Å²) in [5.41, 5.74) is 2.00. The van der Waals surface area contributed by atoms with Crippen LogP contribution in [0.3, 0.4) is 0 Å². The van der Waals surface area contributed by atoms with Gasteiger partial charge in [0.2, 0.25) is 0 Å². The molecule has 2 rings (SSSR count). The van der Waals surface area contributed by atoms with Gasteiger partial charge in [-0.25, -0.2) is 0 Å². The molecule has 0 radical (unpaired) electrons. The van der Waals surface area contributed by atoms with Gasteiger partial charge in [0.15, 0.2) is 0 Å². The highest BCUT2D eigenvalue weighted by Crippen LogP contribution is 2.22. The second-order valence-electron chi connectivity index (χ2n) is 3.44. The normalized spacial score (nSPS) is 9.53. The number of fused-ring (bicyclic) bond motifs is 1. The summed E-state index contributed by atoms with van der Waals surface area (Å²) in [6.45, 7) is 1.97. The Kier molecular flexibility index (Phi) is 2.12. The van der Waals surface area contributed by atoms with Crippen LogP contribution in [0.5, 0.6) is 0 Å². The van der Waals surface area contributed by atoms with Gasteiger partial charge in [-0.2, -0.15) is 10.5 Å². The van der Waals surface area contributed by atoms with Crippen LogP contribution in [0.15, 0.2) is 30.3 Å². The van der Waals surface area contributed by atoms with Gasteiger partial charge in [-0.1, -0.05) is 29.8 Å². The van der Waals surface area contributed by atoms with Gasteiger partial charge in [0.05, 0.1) is 11.1 Å². The molecule has 0 aliphatic carbocycles. The SMILES string of the molecule is Cc1ccc2ccc(C#N)c(C#N)c2c1. The first-order valence-corrected chi connectivity index (χ1v) is 4.60. The molecule has 2 aromatic rings. The van der Waals surface area contributed by atoms with E-state index in [4.69, 9.17) is 10.5 Å². The van der Waals surface area contributed by atoms with Crippen molar-refractivity contribution in [1.29, 1.82) is 10.5 Å². The van der Waals surface area contributed by atoms with Crippen molar-refractivity contribution >= 4 is 10.8 Å². The first-order chi connectivity index (χ1) is 7.26. The van der Waals surface area contributed by atoms with Gasteiger partial charge in [-0.15, -0.1) is 0 Å². The van der Waals surface area contributed by atoms with Crippen molar-refractivity contribution in [2.24, 2.45) is 0 Å². The van der Waals surface area contributed by atoms with Gasteiger partial charge in [0.25, 0.3) is 0 Å². The number of nitrogens with zero attached hydrogens (tertiary/aromatic N) is 2. The van der Waals surface area contributed by atoms with Crippen LogP contribution in [-0.2, 0) is 0 Å². The summed E-state index contributed by atoms with van der Waals surface area (Å²) in [4.78, 5) is 0. The average molecular weight is 192 g/mol. The Morgan fingerprint density at radius 3 is 2.40 bits per heavy atom. The van der Waals surface area contributed by atoms with Crippen molar-refractivity contribution in [3.63, 3.8) is 0 Å². The third-order valence-corrected chi connectivity index (χ3v) is 2.41. The number of aryl methyl sites for hydroxylation is 1. The van der Waals surface area contributed by atoms with E-state index in [1.165, 1.54) is 0 Å². The maximum Gasteiger partial charge on any atom is 0.101 e. The van der Waals surface area contributed by atoms with Gasteiger partial charge < -0.3 is 0 Å². The standard InChI is InChI=1S/C13H8N2/c1-9-2-3-10-4-5-11(7-14)13(8-15)12(10)6-9/h2-6H,1H3. The third kappa shape index (κ3) is 1.43. The number of hydrogen-bond acceptors (Lipinski definition) is 2. The minimum Gasteiger partial charge on any atom is -0.192 e. The molecule has 0 heterocycles. The van der Waals surface area contributed by atoms with Crippen molar-refractivity contribution < 1.29 is 0 Å². The minimum atomic E-state index is 0.440. The summed E-state index contributed by atoms with van der Waals surface area (Å²) in [6, 6.07) is 13.6. The van der Waals surface area contributed by atoms with Gasteiger partial charge in [0.1, 0.15) is 12.1 Å². The van der Waals surface area contributed by atoms with Gasteiger partial charge in [-0.05, 0) is 18.4 Å². The number of rotatable bonds is 0. The van der Waals surface area contributed by atoms with E-state index in [0.717, 1.165) is 16.3 Å². The zero-order valence-corrected chi connectivity index (χ0v) is 8.28. The lowest BCUT2D eigenvalue weighted by Gasteiger charge is -2.02. The maximum absolute atomic E-state index is 9.04. The smallest absolute Gasteiger partial charge is 0.101 e. The van der Waals surface area contributed by atoms with Crippen LogP contribution in [-0.4, -0.2) is 0 Å². The maximum atomic E-state index is 9.04. The first-order valence-electron chi connectivity index (χ1n) is 4.60. The molecule has 0 bridgehead atoms. The Balaban J connectivity index is 2.94. The number of hydrogen-bond donors (Lipinski definition) is 0. The fraction of sp³-hybridized carbons (Fsp3) is 0.0769. The second kappa shape index (κ2) is 3.44. The van der Waals surface area contributed by atoms with Crippen molar-refractivity contribution in [2.75, 3.05) is 0 Å². The fourth-order valence-electron chi connectivity index (χ4n) is 1.65. The summed E-state index contributed by atoms with van der Waals surface area (Å²) >= 11 is 0. The van der Waals surface area contributed by atoms with Crippen molar-refractivity contribution in [3.8, 4) is 12.1 Å². The summed E-state index contributed by atoms with van der Waals surface area (Å²) in [7, 11) is 0. The molecule has 70 valence electrons. The lowest BCUT2D eigenvalue weighted by atomic mass is 9.99. The largest absolute Gasteiger partial charge is 0.192 e. The zero-order chi connectivity index (χ0) is 10.8. The van der Waals surface area contributed by atoms with Gasteiger partial charge in [0, 0.05) is 5.39 Å².